The molecule has 0 fully saturated rings. The highest BCUT2D eigenvalue weighted by molar-refractivity contribution is 6.29. The summed E-state index contributed by atoms with van der Waals surface area (Å²) in [7, 11) is 1.66. The van der Waals surface area contributed by atoms with E-state index in [0.29, 0.717) is 17.3 Å². The zero-order valence-corrected chi connectivity index (χ0v) is 17.3. The number of benzene rings is 2. The fraction of sp³-hybridized carbons (Fsp3) is 0.208. The van der Waals surface area contributed by atoms with Gasteiger partial charge in [0.25, 0.3) is 0 Å². The number of pyridine rings is 1. The molecule has 1 aliphatic carbocycles. The average molecular weight is 418 g/mol. The molecule has 1 aliphatic rings. The van der Waals surface area contributed by atoms with Gasteiger partial charge in [-0.1, -0.05) is 35.9 Å². The molecule has 5 nitrogen and oxygen atoms in total. The monoisotopic (exact) mass is 417 g/mol. The van der Waals surface area contributed by atoms with Crippen LogP contribution in [0, 0.1) is 0 Å². The molecule has 0 spiro atoms. The number of halogens is 1. The Morgan fingerprint density at radius 3 is 2.57 bits per heavy atom. The molecule has 0 radical (unpaired) electrons. The molecule has 5 rings (SSSR count). The van der Waals surface area contributed by atoms with Crippen molar-refractivity contribution < 1.29 is 9.47 Å². The van der Waals surface area contributed by atoms with E-state index in [2.05, 4.69) is 39.4 Å². The highest BCUT2D eigenvalue weighted by atomic mass is 35.5. The molecule has 0 aliphatic heterocycles. The zero-order chi connectivity index (χ0) is 20.5. The van der Waals surface area contributed by atoms with Crippen molar-refractivity contribution >= 4 is 22.4 Å². The number of methoxy groups -OCH3 is 1. The van der Waals surface area contributed by atoms with Gasteiger partial charge in [-0.2, -0.15) is 10.2 Å². The van der Waals surface area contributed by atoms with Crippen LogP contribution in [0.25, 0.3) is 10.8 Å². The minimum atomic E-state index is 0.0671. The summed E-state index contributed by atoms with van der Waals surface area (Å²) in [6.45, 7) is 0. The number of hydrogen-bond acceptors (Lipinski definition) is 5. The van der Waals surface area contributed by atoms with Crippen molar-refractivity contribution in [2.75, 3.05) is 7.11 Å². The van der Waals surface area contributed by atoms with Gasteiger partial charge in [-0.05, 0) is 41.0 Å². The van der Waals surface area contributed by atoms with Gasteiger partial charge in [-0.3, -0.25) is 0 Å². The van der Waals surface area contributed by atoms with Gasteiger partial charge in [0.1, 0.15) is 11.3 Å². The van der Waals surface area contributed by atoms with Crippen molar-refractivity contribution in [2.24, 2.45) is 0 Å². The van der Waals surface area contributed by atoms with Gasteiger partial charge >= 0.3 is 0 Å². The smallest absolute Gasteiger partial charge is 0.171 e. The molecule has 6 heteroatoms. The van der Waals surface area contributed by atoms with Crippen LogP contribution in [0.15, 0.2) is 60.9 Å². The molecule has 2 aromatic carbocycles. The second-order valence-electron chi connectivity index (χ2n) is 7.43. The van der Waals surface area contributed by atoms with Gasteiger partial charge in [0.15, 0.2) is 11.5 Å². The first-order valence-electron chi connectivity index (χ1n) is 9.86. The van der Waals surface area contributed by atoms with Crippen LogP contribution in [0.2, 0.25) is 5.15 Å². The lowest BCUT2D eigenvalue weighted by atomic mass is 10.0. The lowest BCUT2D eigenvalue weighted by molar-refractivity contribution is 0.207. The summed E-state index contributed by atoms with van der Waals surface area (Å²) >= 11 is 6.04. The Bertz CT molecular complexity index is 1200. The molecule has 150 valence electrons. The van der Waals surface area contributed by atoms with E-state index < -0.39 is 0 Å². The number of rotatable bonds is 5. The van der Waals surface area contributed by atoms with Crippen molar-refractivity contribution in [3.05, 3.63) is 88.5 Å². The second-order valence-corrected chi connectivity index (χ2v) is 7.82. The molecule has 0 atom stereocenters. The summed E-state index contributed by atoms with van der Waals surface area (Å²) in [6, 6.07) is 16.2. The zero-order valence-electron chi connectivity index (χ0n) is 16.5. The van der Waals surface area contributed by atoms with Gasteiger partial charge in [-0.25, -0.2) is 4.98 Å². The van der Waals surface area contributed by atoms with Crippen molar-refractivity contribution in [1.82, 2.24) is 15.2 Å². The summed E-state index contributed by atoms with van der Waals surface area (Å²) < 4.78 is 12.1. The highest BCUT2D eigenvalue weighted by Gasteiger charge is 2.25. The van der Waals surface area contributed by atoms with Crippen LogP contribution in [0.3, 0.4) is 0 Å². The standard InChI is InChI=1S/C24H20ClN3O2/c1-29-22-7-6-19-20(14-27-28-21(19)10-15-8-9-26-23(25)11-15)24(22)30-18-12-16-4-2-3-5-17(16)13-18/h2-9,11,14,18H,10,12-13H2,1H3. The SMILES string of the molecule is COc1ccc2c(Cc3ccnc(Cl)c3)nncc2c1OC1Cc2ccccc2C1. The van der Waals surface area contributed by atoms with Crippen LogP contribution in [0.5, 0.6) is 11.5 Å². The maximum atomic E-state index is 6.49. The number of fused-ring (bicyclic) bond motifs is 2. The first-order valence-corrected chi connectivity index (χ1v) is 10.2. The predicted octanol–water partition coefficient (Wildman–Crippen LogP) is 4.82. The quantitative estimate of drug-likeness (QED) is 0.435. The average Bonchev–Trinajstić information content (AvgIpc) is 3.17. The summed E-state index contributed by atoms with van der Waals surface area (Å²) in [6.07, 6.45) is 5.89. The normalized spacial score (nSPS) is 13.4. The van der Waals surface area contributed by atoms with Crippen LogP contribution in [0.4, 0.5) is 0 Å². The summed E-state index contributed by atoms with van der Waals surface area (Å²) in [5.74, 6) is 1.42. The number of nitrogens with zero attached hydrogens (tertiary/aromatic N) is 3. The minimum absolute atomic E-state index is 0.0671. The van der Waals surface area contributed by atoms with Gasteiger partial charge in [-0.15, -0.1) is 0 Å². The molecule has 0 saturated heterocycles. The van der Waals surface area contributed by atoms with Crippen LogP contribution < -0.4 is 9.47 Å². The van der Waals surface area contributed by atoms with Crippen molar-refractivity contribution in [1.29, 1.82) is 0 Å². The first-order chi connectivity index (χ1) is 14.7. The molecule has 0 unspecified atom stereocenters. The van der Waals surface area contributed by atoms with Crippen LogP contribution in [-0.2, 0) is 19.3 Å². The molecule has 2 aromatic heterocycles. The van der Waals surface area contributed by atoms with E-state index in [0.717, 1.165) is 40.6 Å². The summed E-state index contributed by atoms with van der Waals surface area (Å²) in [4.78, 5) is 4.05. The maximum Gasteiger partial charge on any atom is 0.171 e. The first kappa shape index (κ1) is 18.8. The molecule has 30 heavy (non-hydrogen) atoms. The highest BCUT2D eigenvalue weighted by Crippen LogP contribution is 2.38. The summed E-state index contributed by atoms with van der Waals surface area (Å²) in [5.41, 5.74) is 4.58. The van der Waals surface area contributed by atoms with E-state index in [-0.39, 0.29) is 6.10 Å². The third-order valence-electron chi connectivity index (χ3n) is 5.52. The van der Waals surface area contributed by atoms with E-state index >= 15 is 0 Å². The van der Waals surface area contributed by atoms with E-state index in [9.17, 15) is 0 Å². The number of aromatic nitrogens is 3. The minimum Gasteiger partial charge on any atom is -0.493 e. The molecular formula is C24H20ClN3O2. The van der Waals surface area contributed by atoms with Gasteiger partial charge in [0.2, 0.25) is 0 Å². The van der Waals surface area contributed by atoms with Crippen molar-refractivity contribution in [2.45, 2.75) is 25.4 Å². The van der Waals surface area contributed by atoms with Gasteiger partial charge in [0.05, 0.1) is 19.0 Å². The maximum absolute atomic E-state index is 6.49. The third-order valence-corrected chi connectivity index (χ3v) is 5.72. The van der Waals surface area contributed by atoms with E-state index in [1.807, 2.05) is 24.3 Å². The fourth-order valence-electron chi connectivity index (χ4n) is 4.10. The fourth-order valence-corrected chi connectivity index (χ4v) is 4.29. The molecule has 2 heterocycles. The van der Waals surface area contributed by atoms with Crippen LogP contribution in [-0.4, -0.2) is 28.4 Å². The Kier molecular flexibility index (Phi) is 4.97. The van der Waals surface area contributed by atoms with Gasteiger partial charge < -0.3 is 9.47 Å². The molecule has 0 bridgehead atoms. The molecule has 0 N–H and O–H groups in total. The Balaban J connectivity index is 1.51. The Morgan fingerprint density at radius 1 is 1.03 bits per heavy atom. The predicted molar refractivity (Wildman–Crippen MR) is 116 cm³/mol. The molecule has 0 amide bonds. The molecular weight excluding hydrogens is 398 g/mol. The van der Waals surface area contributed by atoms with E-state index in [1.165, 1.54) is 11.1 Å². The number of hydrogen-bond donors (Lipinski definition) is 0. The Hall–Kier alpha value is -3.18. The van der Waals surface area contributed by atoms with Crippen LogP contribution in [0.1, 0.15) is 22.4 Å². The molecule has 0 saturated carbocycles. The topological polar surface area (TPSA) is 57.1 Å². The largest absolute Gasteiger partial charge is 0.493 e. The Morgan fingerprint density at radius 2 is 1.83 bits per heavy atom. The second kappa shape index (κ2) is 7.92. The lowest BCUT2D eigenvalue weighted by Crippen LogP contribution is -2.17. The van der Waals surface area contributed by atoms with Crippen molar-refractivity contribution in [3.8, 4) is 11.5 Å². The molecule has 4 aromatic rings. The third kappa shape index (κ3) is 3.57. The summed E-state index contributed by atoms with van der Waals surface area (Å²) in [5, 5.41) is 11.0. The van der Waals surface area contributed by atoms with E-state index in [4.69, 9.17) is 21.1 Å². The number of ether oxygens (including phenoxy) is 2. The Labute approximate surface area is 179 Å². The van der Waals surface area contributed by atoms with Gasteiger partial charge in [0, 0.05) is 36.2 Å². The lowest BCUT2D eigenvalue weighted by Gasteiger charge is -2.18. The van der Waals surface area contributed by atoms with E-state index in [1.54, 1.807) is 19.5 Å². The van der Waals surface area contributed by atoms with Crippen LogP contribution >= 0.6 is 11.6 Å². The van der Waals surface area contributed by atoms with Crippen molar-refractivity contribution in [3.63, 3.8) is 0 Å².